The van der Waals surface area contributed by atoms with Gasteiger partial charge in [0.2, 0.25) is 5.75 Å². The summed E-state index contributed by atoms with van der Waals surface area (Å²) in [5.74, 6) is 0.333. The van der Waals surface area contributed by atoms with E-state index in [1.165, 1.54) is 38.2 Å². The van der Waals surface area contributed by atoms with Crippen LogP contribution in [0.15, 0.2) is 22.7 Å². The first-order valence-electron chi connectivity index (χ1n) is 7.28. The van der Waals surface area contributed by atoms with E-state index in [1.807, 2.05) is 0 Å². The monoisotopic (exact) mass is 421 g/mol. The van der Waals surface area contributed by atoms with Crippen molar-refractivity contribution in [3.8, 4) is 5.75 Å². The van der Waals surface area contributed by atoms with E-state index in [2.05, 4.69) is 31.9 Å². The van der Waals surface area contributed by atoms with Crippen molar-refractivity contribution >= 4 is 37.5 Å². The third-order valence-electron chi connectivity index (χ3n) is 3.17. The van der Waals surface area contributed by atoms with E-state index in [-0.39, 0.29) is 5.69 Å². The molecule has 0 amide bonds. The highest BCUT2D eigenvalue weighted by molar-refractivity contribution is 9.10. The quantitative estimate of drug-likeness (QED) is 0.194. The summed E-state index contributed by atoms with van der Waals surface area (Å²) in [5, 5.41) is 12.0. The number of hydrogen-bond donors (Lipinski definition) is 0. The lowest BCUT2D eigenvalue weighted by Gasteiger charge is -2.08. The van der Waals surface area contributed by atoms with Gasteiger partial charge in [0.25, 0.3) is 0 Å². The molecule has 0 aliphatic carbocycles. The zero-order valence-corrected chi connectivity index (χ0v) is 15.2. The molecule has 1 aromatic rings. The van der Waals surface area contributed by atoms with Crippen molar-refractivity contribution < 1.29 is 9.66 Å². The van der Waals surface area contributed by atoms with Gasteiger partial charge in [0.05, 0.1) is 16.0 Å². The number of hydrogen-bond acceptors (Lipinski definition) is 3. The Morgan fingerprint density at radius 1 is 1.05 bits per heavy atom. The van der Waals surface area contributed by atoms with Crippen LogP contribution in [0.5, 0.6) is 5.75 Å². The van der Waals surface area contributed by atoms with Gasteiger partial charge >= 0.3 is 5.69 Å². The summed E-state index contributed by atoms with van der Waals surface area (Å²) >= 11 is 6.73. The Kier molecular flexibility index (Phi) is 9.67. The zero-order valence-electron chi connectivity index (χ0n) is 12.0. The molecule has 0 aliphatic heterocycles. The van der Waals surface area contributed by atoms with Gasteiger partial charge in [-0.3, -0.25) is 10.1 Å². The average molecular weight is 423 g/mol. The van der Waals surface area contributed by atoms with Crippen LogP contribution >= 0.6 is 31.9 Å². The third kappa shape index (κ3) is 7.27. The molecule has 0 fully saturated rings. The first-order valence-corrected chi connectivity index (χ1v) is 9.20. The number of nitrogens with zero attached hydrogens (tertiary/aromatic N) is 1. The molecule has 0 aliphatic rings. The highest BCUT2D eigenvalue weighted by Crippen LogP contribution is 2.34. The van der Waals surface area contributed by atoms with E-state index in [1.54, 1.807) is 12.1 Å². The van der Waals surface area contributed by atoms with Crippen molar-refractivity contribution in [1.29, 1.82) is 0 Å². The fourth-order valence-corrected chi connectivity index (χ4v) is 2.91. The molecule has 0 bridgehead atoms. The Hall–Kier alpha value is -0.620. The summed E-state index contributed by atoms with van der Waals surface area (Å²) in [4.78, 5) is 10.5. The van der Waals surface area contributed by atoms with Gasteiger partial charge in [0.1, 0.15) is 0 Å². The molecule has 0 N–H and O–H groups in total. The van der Waals surface area contributed by atoms with Gasteiger partial charge in [-0.25, -0.2) is 0 Å². The van der Waals surface area contributed by atoms with Gasteiger partial charge in [-0.2, -0.15) is 0 Å². The van der Waals surface area contributed by atoms with Crippen LogP contribution in [0.2, 0.25) is 0 Å². The average Bonchev–Trinajstić information content (AvgIpc) is 2.46. The maximum absolute atomic E-state index is 10.9. The number of rotatable bonds is 11. The maximum atomic E-state index is 10.9. The summed E-state index contributed by atoms with van der Waals surface area (Å²) < 4.78 is 6.21. The van der Waals surface area contributed by atoms with E-state index in [0.29, 0.717) is 16.8 Å². The molecular weight excluding hydrogens is 402 g/mol. The molecule has 0 radical (unpaired) electrons. The van der Waals surface area contributed by atoms with Crippen molar-refractivity contribution in [2.75, 3.05) is 11.9 Å². The lowest BCUT2D eigenvalue weighted by atomic mass is 10.1. The van der Waals surface area contributed by atoms with Gasteiger partial charge < -0.3 is 4.74 Å². The van der Waals surface area contributed by atoms with Gasteiger partial charge in [0.15, 0.2) is 0 Å². The molecule has 0 aromatic heterocycles. The van der Waals surface area contributed by atoms with Crippen molar-refractivity contribution in [2.45, 2.75) is 44.9 Å². The van der Waals surface area contributed by atoms with Crippen LogP contribution in [0.4, 0.5) is 5.69 Å². The van der Waals surface area contributed by atoms with Crippen LogP contribution in [0.25, 0.3) is 0 Å². The molecule has 0 spiro atoms. The summed E-state index contributed by atoms with van der Waals surface area (Å²) in [6.07, 6.45) is 8.29. The largest absolute Gasteiger partial charge is 0.486 e. The van der Waals surface area contributed by atoms with Gasteiger partial charge in [0, 0.05) is 11.4 Å². The van der Waals surface area contributed by atoms with Gasteiger partial charge in [-0.15, -0.1) is 0 Å². The topological polar surface area (TPSA) is 52.4 Å². The van der Waals surface area contributed by atoms with Crippen LogP contribution in [0.3, 0.4) is 0 Å². The molecule has 0 saturated heterocycles. The number of nitro benzene ring substituents is 1. The second kappa shape index (κ2) is 11.0. The van der Waals surface area contributed by atoms with Crippen molar-refractivity contribution in [3.63, 3.8) is 0 Å². The van der Waals surface area contributed by atoms with E-state index in [4.69, 9.17) is 4.74 Å². The summed E-state index contributed by atoms with van der Waals surface area (Å²) in [7, 11) is 0. The predicted molar refractivity (Wildman–Crippen MR) is 92.4 cm³/mol. The third-order valence-corrected chi connectivity index (χ3v) is 4.35. The number of ether oxygens (including phenoxy) is 1. The van der Waals surface area contributed by atoms with Crippen LogP contribution in [-0.4, -0.2) is 16.9 Å². The Morgan fingerprint density at radius 3 is 2.29 bits per heavy atom. The normalized spacial score (nSPS) is 10.6. The van der Waals surface area contributed by atoms with Gasteiger partial charge in [-0.1, -0.05) is 54.1 Å². The smallest absolute Gasteiger partial charge is 0.312 e. The number of benzene rings is 1. The number of nitro groups is 1. The first kappa shape index (κ1) is 18.4. The van der Waals surface area contributed by atoms with Crippen LogP contribution in [0, 0.1) is 10.1 Å². The van der Waals surface area contributed by atoms with E-state index in [0.717, 1.165) is 18.2 Å². The summed E-state index contributed by atoms with van der Waals surface area (Å²) in [5.41, 5.74) is 0.0131. The Morgan fingerprint density at radius 2 is 1.67 bits per heavy atom. The van der Waals surface area contributed by atoms with E-state index < -0.39 is 4.92 Å². The molecule has 0 heterocycles. The van der Waals surface area contributed by atoms with Crippen LogP contribution in [-0.2, 0) is 0 Å². The lowest BCUT2D eigenvalue weighted by Crippen LogP contribution is -2.01. The second-order valence-electron chi connectivity index (χ2n) is 4.86. The first-order chi connectivity index (χ1) is 10.2. The molecular formula is C15H21Br2NO3. The van der Waals surface area contributed by atoms with E-state index in [9.17, 15) is 10.1 Å². The molecule has 21 heavy (non-hydrogen) atoms. The molecule has 1 rings (SSSR count). The fraction of sp³-hybridized carbons (Fsp3) is 0.600. The Labute approximate surface area is 142 Å². The molecule has 1 aromatic carbocycles. The minimum Gasteiger partial charge on any atom is -0.486 e. The number of halogens is 2. The minimum absolute atomic E-state index is 0.0131. The van der Waals surface area contributed by atoms with Crippen LogP contribution < -0.4 is 4.74 Å². The summed E-state index contributed by atoms with van der Waals surface area (Å²) in [6.45, 7) is 0.519. The van der Waals surface area contributed by atoms with E-state index >= 15 is 0 Å². The summed E-state index contributed by atoms with van der Waals surface area (Å²) in [6, 6.07) is 4.86. The molecule has 118 valence electrons. The van der Waals surface area contributed by atoms with Crippen molar-refractivity contribution in [1.82, 2.24) is 0 Å². The highest BCUT2D eigenvalue weighted by atomic mass is 79.9. The second-order valence-corrected chi connectivity index (χ2v) is 6.50. The lowest BCUT2D eigenvalue weighted by molar-refractivity contribution is -0.386. The number of alkyl halides is 1. The predicted octanol–water partition coefficient (Wildman–Crippen LogP) is 5.86. The Balaban J connectivity index is 2.23. The standard InChI is InChI=1S/C15H21Br2NO3/c16-11-6-4-2-1-3-5-7-12-21-15-13(17)9-8-10-14(15)18(19)20/h8-10H,1-7,11-12H2. The van der Waals surface area contributed by atoms with Crippen molar-refractivity contribution in [3.05, 3.63) is 32.8 Å². The maximum Gasteiger partial charge on any atom is 0.312 e. The SMILES string of the molecule is O=[N+]([O-])c1cccc(Br)c1OCCCCCCCCCBr. The minimum atomic E-state index is -0.413. The fourth-order valence-electron chi connectivity index (χ4n) is 2.04. The molecule has 0 unspecified atom stereocenters. The molecule has 0 atom stereocenters. The number of unbranched alkanes of at least 4 members (excludes halogenated alkanes) is 6. The van der Waals surface area contributed by atoms with Crippen LogP contribution in [0.1, 0.15) is 44.9 Å². The Bertz CT molecular complexity index is 441. The molecule has 4 nitrogen and oxygen atoms in total. The zero-order chi connectivity index (χ0) is 15.5. The van der Waals surface area contributed by atoms with Gasteiger partial charge in [-0.05, 0) is 34.8 Å². The molecule has 6 heteroatoms. The van der Waals surface area contributed by atoms with Crippen molar-refractivity contribution in [2.24, 2.45) is 0 Å². The highest BCUT2D eigenvalue weighted by Gasteiger charge is 2.17. The number of para-hydroxylation sites is 1. The molecule has 0 saturated carbocycles.